The van der Waals surface area contributed by atoms with Gasteiger partial charge in [0.2, 0.25) is 0 Å². The standard InChI is InChI=1S/C11H12ClFN2/c12-7-2-1-3-8(13)9(7)10-4-11(5-10,6-10)15-14/h1-3,15H,4-6,14H2. The van der Waals surface area contributed by atoms with Gasteiger partial charge in [-0.25, -0.2) is 4.39 Å². The topological polar surface area (TPSA) is 38.0 Å². The molecule has 2 bridgehead atoms. The van der Waals surface area contributed by atoms with Crippen LogP contribution in [0, 0.1) is 5.82 Å². The second-order valence-corrected chi connectivity index (χ2v) is 5.24. The fraction of sp³-hybridized carbons (Fsp3) is 0.455. The van der Waals surface area contributed by atoms with Crippen LogP contribution in [0.4, 0.5) is 4.39 Å². The summed E-state index contributed by atoms with van der Waals surface area (Å²) < 4.78 is 13.7. The molecular weight excluding hydrogens is 215 g/mol. The van der Waals surface area contributed by atoms with Crippen LogP contribution < -0.4 is 11.3 Å². The highest BCUT2D eigenvalue weighted by Gasteiger charge is 2.69. The molecule has 0 atom stereocenters. The second kappa shape index (κ2) is 2.73. The van der Waals surface area contributed by atoms with Crippen molar-refractivity contribution in [3.8, 4) is 0 Å². The third-order valence-electron chi connectivity index (χ3n) is 3.83. The highest BCUT2D eigenvalue weighted by Crippen LogP contribution is 2.68. The Morgan fingerprint density at radius 1 is 1.33 bits per heavy atom. The zero-order chi connectivity index (χ0) is 10.7. The van der Waals surface area contributed by atoms with Gasteiger partial charge < -0.3 is 0 Å². The van der Waals surface area contributed by atoms with Crippen molar-refractivity contribution < 1.29 is 4.39 Å². The fourth-order valence-corrected chi connectivity index (χ4v) is 3.57. The monoisotopic (exact) mass is 226 g/mol. The second-order valence-electron chi connectivity index (χ2n) is 4.83. The Bertz CT molecular complexity index is 393. The molecule has 80 valence electrons. The Morgan fingerprint density at radius 3 is 2.53 bits per heavy atom. The molecule has 1 aromatic carbocycles. The molecule has 0 saturated heterocycles. The summed E-state index contributed by atoms with van der Waals surface area (Å²) in [4.78, 5) is 0. The lowest BCUT2D eigenvalue weighted by atomic mass is 9.37. The average molecular weight is 227 g/mol. The number of hydrogen-bond acceptors (Lipinski definition) is 2. The maximum absolute atomic E-state index is 13.7. The molecule has 3 aliphatic rings. The molecule has 4 rings (SSSR count). The van der Waals surface area contributed by atoms with E-state index in [4.69, 9.17) is 17.4 Å². The Kier molecular flexibility index (Phi) is 1.74. The van der Waals surface area contributed by atoms with E-state index in [1.165, 1.54) is 6.07 Å². The van der Waals surface area contributed by atoms with E-state index in [-0.39, 0.29) is 16.8 Å². The summed E-state index contributed by atoms with van der Waals surface area (Å²) in [7, 11) is 0. The Morgan fingerprint density at radius 2 is 2.00 bits per heavy atom. The molecule has 0 aliphatic heterocycles. The molecule has 0 aromatic heterocycles. The quantitative estimate of drug-likeness (QED) is 0.599. The number of hydrazine groups is 1. The van der Waals surface area contributed by atoms with E-state index in [9.17, 15) is 4.39 Å². The Balaban J connectivity index is 1.97. The molecule has 0 spiro atoms. The number of nitrogens with two attached hydrogens (primary N) is 1. The van der Waals surface area contributed by atoms with E-state index >= 15 is 0 Å². The van der Waals surface area contributed by atoms with Crippen LogP contribution >= 0.6 is 11.6 Å². The molecule has 3 fully saturated rings. The van der Waals surface area contributed by atoms with Crippen LogP contribution in [0.3, 0.4) is 0 Å². The zero-order valence-electron chi connectivity index (χ0n) is 8.19. The molecule has 0 radical (unpaired) electrons. The summed E-state index contributed by atoms with van der Waals surface area (Å²) in [6.07, 6.45) is 2.70. The minimum Gasteiger partial charge on any atom is -0.271 e. The maximum atomic E-state index is 13.7. The normalized spacial score (nSPS) is 37.0. The fourth-order valence-electron chi connectivity index (χ4n) is 3.21. The SMILES string of the molecule is NNC12CC(c3c(F)cccc3Cl)(C1)C2. The number of benzene rings is 1. The lowest BCUT2D eigenvalue weighted by Crippen LogP contribution is -2.77. The van der Waals surface area contributed by atoms with E-state index in [1.807, 2.05) is 0 Å². The van der Waals surface area contributed by atoms with Crippen LogP contribution in [0.5, 0.6) is 0 Å². The molecule has 1 aromatic rings. The minimum absolute atomic E-state index is 0.0468. The van der Waals surface area contributed by atoms with Crippen molar-refractivity contribution in [2.75, 3.05) is 0 Å². The minimum atomic E-state index is -0.187. The number of rotatable bonds is 2. The highest BCUT2D eigenvalue weighted by molar-refractivity contribution is 6.31. The van der Waals surface area contributed by atoms with Crippen LogP contribution in [0.15, 0.2) is 18.2 Å². The van der Waals surface area contributed by atoms with Crippen LogP contribution in [-0.2, 0) is 5.41 Å². The summed E-state index contributed by atoms with van der Waals surface area (Å²) in [6.45, 7) is 0. The summed E-state index contributed by atoms with van der Waals surface area (Å²) in [6, 6.07) is 4.87. The third kappa shape index (κ3) is 1.06. The predicted octanol–water partition coefficient (Wildman–Crippen LogP) is 2.12. The first-order valence-electron chi connectivity index (χ1n) is 5.03. The van der Waals surface area contributed by atoms with Crippen molar-refractivity contribution in [3.63, 3.8) is 0 Å². The van der Waals surface area contributed by atoms with Gasteiger partial charge >= 0.3 is 0 Å². The molecule has 15 heavy (non-hydrogen) atoms. The van der Waals surface area contributed by atoms with Gasteiger partial charge in [0.05, 0.1) is 0 Å². The molecule has 3 aliphatic carbocycles. The molecular formula is C11H12ClFN2. The first kappa shape index (κ1) is 9.58. The van der Waals surface area contributed by atoms with Crippen molar-refractivity contribution in [1.82, 2.24) is 5.43 Å². The van der Waals surface area contributed by atoms with Crippen molar-refractivity contribution in [1.29, 1.82) is 0 Å². The van der Waals surface area contributed by atoms with Gasteiger partial charge in [0.25, 0.3) is 0 Å². The van der Waals surface area contributed by atoms with Crippen LogP contribution in [0.1, 0.15) is 24.8 Å². The van der Waals surface area contributed by atoms with Gasteiger partial charge in [-0.3, -0.25) is 11.3 Å². The van der Waals surface area contributed by atoms with Crippen LogP contribution in [0.2, 0.25) is 5.02 Å². The molecule has 3 saturated carbocycles. The lowest BCUT2D eigenvalue weighted by molar-refractivity contribution is -0.0900. The van der Waals surface area contributed by atoms with Gasteiger partial charge in [-0.05, 0) is 31.4 Å². The van der Waals surface area contributed by atoms with Gasteiger partial charge in [-0.2, -0.15) is 0 Å². The van der Waals surface area contributed by atoms with Crippen molar-refractivity contribution in [3.05, 3.63) is 34.6 Å². The summed E-state index contributed by atoms with van der Waals surface area (Å²) in [5, 5.41) is 0.542. The summed E-state index contributed by atoms with van der Waals surface area (Å²) >= 11 is 6.05. The van der Waals surface area contributed by atoms with Gasteiger partial charge in [0.1, 0.15) is 5.82 Å². The maximum Gasteiger partial charge on any atom is 0.128 e. The number of halogens is 2. The zero-order valence-corrected chi connectivity index (χ0v) is 8.94. The lowest BCUT2D eigenvalue weighted by Gasteiger charge is -2.70. The van der Waals surface area contributed by atoms with Gasteiger partial charge in [0.15, 0.2) is 0 Å². The van der Waals surface area contributed by atoms with Gasteiger partial charge in [-0.1, -0.05) is 17.7 Å². The molecule has 4 heteroatoms. The van der Waals surface area contributed by atoms with Gasteiger partial charge in [-0.15, -0.1) is 0 Å². The summed E-state index contributed by atoms with van der Waals surface area (Å²) in [5.74, 6) is 5.26. The van der Waals surface area contributed by atoms with E-state index in [0.29, 0.717) is 10.6 Å². The van der Waals surface area contributed by atoms with Gasteiger partial charge in [0, 0.05) is 21.5 Å². The molecule has 0 heterocycles. The highest BCUT2D eigenvalue weighted by atomic mass is 35.5. The van der Waals surface area contributed by atoms with Crippen LogP contribution in [0.25, 0.3) is 0 Å². The number of hydrogen-bond donors (Lipinski definition) is 2. The van der Waals surface area contributed by atoms with E-state index in [1.54, 1.807) is 12.1 Å². The van der Waals surface area contributed by atoms with Crippen molar-refractivity contribution in [2.24, 2.45) is 5.84 Å². The largest absolute Gasteiger partial charge is 0.271 e. The summed E-state index contributed by atoms with van der Waals surface area (Å²) in [5.41, 5.74) is 3.51. The average Bonchev–Trinajstić information content (AvgIpc) is 2.06. The van der Waals surface area contributed by atoms with Crippen LogP contribution in [-0.4, -0.2) is 5.54 Å². The van der Waals surface area contributed by atoms with E-state index < -0.39 is 0 Å². The molecule has 3 N–H and O–H groups in total. The molecule has 2 nitrogen and oxygen atoms in total. The Hall–Kier alpha value is -0.640. The smallest absolute Gasteiger partial charge is 0.128 e. The Labute approximate surface area is 92.6 Å². The van der Waals surface area contributed by atoms with E-state index in [0.717, 1.165) is 19.3 Å². The third-order valence-corrected chi connectivity index (χ3v) is 4.14. The van der Waals surface area contributed by atoms with Crippen molar-refractivity contribution >= 4 is 11.6 Å². The van der Waals surface area contributed by atoms with E-state index in [2.05, 4.69) is 5.43 Å². The molecule has 0 unspecified atom stereocenters. The van der Waals surface area contributed by atoms with Crippen molar-refractivity contribution in [2.45, 2.75) is 30.2 Å². The number of nitrogens with one attached hydrogen (secondary N) is 1. The molecule has 0 amide bonds. The first-order valence-corrected chi connectivity index (χ1v) is 5.41. The predicted molar refractivity (Wildman–Crippen MR) is 57.0 cm³/mol. The first-order chi connectivity index (χ1) is 7.11.